The van der Waals surface area contributed by atoms with E-state index in [1.54, 1.807) is 0 Å². The SMILES string of the molecule is Cc1ccc(C)c(CC(O)CCCC(C)C)c1. The molecule has 17 heavy (non-hydrogen) atoms. The van der Waals surface area contributed by atoms with E-state index in [1.807, 2.05) is 0 Å². The van der Waals surface area contributed by atoms with E-state index in [-0.39, 0.29) is 6.10 Å². The van der Waals surface area contributed by atoms with Crippen LogP contribution < -0.4 is 0 Å². The second-order valence-electron chi connectivity index (χ2n) is 5.61. The molecule has 0 aromatic heterocycles. The van der Waals surface area contributed by atoms with Crippen molar-refractivity contribution in [3.05, 3.63) is 34.9 Å². The van der Waals surface area contributed by atoms with Crippen LogP contribution in [-0.2, 0) is 6.42 Å². The average Bonchev–Trinajstić information content (AvgIpc) is 2.23. The van der Waals surface area contributed by atoms with Gasteiger partial charge in [-0.1, -0.05) is 50.5 Å². The quantitative estimate of drug-likeness (QED) is 0.788. The molecule has 0 fully saturated rings. The van der Waals surface area contributed by atoms with Gasteiger partial charge < -0.3 is 5.11 Å². The number of rotatable bonds is 6. The smallest absolute Gasteiger partial charge is 0.0580 e. The zero-order chi connectivity index (χ0) is 12.8. The standard InChI is InChI=1S/C16H26O/c1-12(2)6-5-7-16(17)11-15-10-13(3)8-9-14(15)4/h8-10,12,16-17H,5-7,11H2,1-4H3. The number of hydrogen-bond acceptors (Lipinski definition) is 1. The summed E-state index contributed by atoms with van der Waals surface area (Å²) in [6.45, 7) is 8.69. The highest BCUT2D eigenvalue weighted by Gasteiger charge is 2.08. The largest absolute Gasteiger partial charge is 0.393 e. The van der Waals surface area contributed by atoms with Crippen LogP contribution in [0.25, 0.3) is 0 Å². The minimum absolute atomic E-state index is 0.186. The van der Waals surface area contributed by atoms with Crippen LogP contribution in [0.2, 0.25) is 0 Å². The topological polar surface area (TPSA) is 20.2 Å². The predicted octanol–water partition coefficient (Wildman–Crippen LogP) is 4.03. The Labute approximate surface area is 106 Å². The molecule has 0 spiro atoms. The summed E-state index contributed by atoms with van der Waals surface area (Å²) < 4.78 is 0. The number of aliphatic hydroxyl groups is 1. The molecular formula is C16H26O. The van der Waals surface area contributed by atoms with Gasteiger partial charge in [0.05, 0.1) is 6.10 Å². The predicted molar refractivity (Wildman–Crippen MR) is 74.3 cm³/mol. The number of aryl methyl sites for hydroxylation is 2. The summed E-state index contributed by atoms with van der Waals surface area (Å²) in [7, 11) is 0. The summed E-state index contributed by atoms with van der Waals surface area (Å²) in [5, 5.41) is 10.0. The number of benzene rings is 1. The summed E-state index contributed by atoms with van der Waals surface area (Å²) in [5.74, 6) is 0.739. The molecule has 0 amide bonds. The van der Waals surface area contributed by atoms with Crippen molar-refractivity contribution in [2.45, 2.75) is 59.5 Å². The van der Waals surface area contributed by atoms with Crippen LogP contribution in [0.5, 0.6) is 0 Å². The molecule has 0 aliphatic rings. The van der Waals surface area contributed by atoms with E-state index < -0.39 is 0 Å². The van der Waals surface area contributed by atoms with E-state index in [1.165, 1.54) is 23.1 Å². The Morgan fingerprint density at radius 2 is 1.82 bits per heavy atom. The fraction of sp³-hybridized carbons (Fsp3) is 0.625. The van der Waals surface area contributed by atoms with Crippen molar-refractivity contribution >= 4 is 0 Å². The normalized spacial score (nSPS) is 13.1. The highest BCUT2D eigenvalue weighted by atomic mass is 16.3. The van der Waals surface area contributed by atoms with Gasteiger partial charge in [-0.3, -0.25) is 0 Å². The van der Waals surface area contributed by atoms with Gasteiger partial charge in [0.25, 0.3) is 0 Å². The van der Waals surface area contributed by atoms with E-state index in [4.69, 9.17) is 0 Å². The third kappa shape index (κ3) is 5.36. The lowest BCUT2D eigenvalue weighted by molar-refractivity contribution is 0.159. The molecule has 0 heterocycles. The van der Waals surface area contributed by atoms with E-state index in [2.05, 4.69) is 45.9 Å². The Balaban J connectivity index is 2.44. The van der Waals surface area contributed by atoms with Crippen LogP contribution in [-0.4, -0.2) is 11.2 Å². The minimum atomic E-state index is -0.186. The zero-order valence-electron chi connectivity index (χ0n) is 11.7. The van der Waals surface area contributed by atoms with Gasteiger partial charge in [0.1, 0.15) is 0 Å². The fourth-order valence-electron chi connectivity index (χ4n) is 2.14. The minimum Gasteiger partial charge on any atom is -0.393 e. The Morgan fingerprint density at radius 3 is 2.47 bits per heavy atom. The molecule has 1 heteroatoms. The van der Waals surface area contributed by atoms with Crippen molar-refractivity contribution in [1.29, 1.82) is 0 Å². The highest BCUT2D eigenvalue weighted by molar-refractivity contribution is 5.30. The van der Waals surface area contributed by atoms with Gasteiger partial charge in [-0.2, -0.15) is 0 Å². The van der Waals surface area contributed by atoms with Gasteiger partial charge in [0, 0.05) is 0 Å². The van der Waals surface area contributed by atoms with Crippen molar-refractivity contribution in [3.63, 3.8) is 0 Å². The van der Waals surface area contributed by atoms with Gasteiger partial charge in [-0.15, -0.1) is 0 Å². The molecule has 0 saturated carbocycles. The lowest BCUT2D eigenvalue weighted by Crippen LogP contribution is -2.11. The third-order valence-corrected chi connectivity index (χ3v) is 3.28. The first-order valence-corrected chi connectivity index (χ1v) is 6.73. The maximum atomic E-state index is 10.0. The summed E-state index contributed by atoms with van der Waals surface area (Å²) in [5.41, 5.74) is 3.86. The molecule has 1 nitrogen and oxygen atoms in total. The first kappa shape index (κ1) is 14.2. The van der Waals surface area contributed by atoms with E-state index in [0.29, 0.717) is 0 Å². The van der Waals surface area contributed by atoms with Crippen molar-refractivity contribution in [1.82, 2.24) is 0 Å². The Hall–Kier alpha value is -0.820. The number of hydrogen-bond donors (Lipinski definition) is 1. The lowest BCUT2D eigenvalue weighted by atomic mass is 9.96. The van der Waals surface area contributed by atoms with Crippen molar-refractivity contribution in [3.8, 4) is 0 Å². The monoisotopic (exact) mass is 234 g/mol. The van der Waals surface area contributed by atoms with Crippen molar-refractivity contribution in [2.24, 2.45) is 5.92 Å². The lowest BCUT2D eigenvalue weighted by Gasteiger charge is -2.13. The fourth-order valence-corrected chi connectivity index (χ4v) is 2.14. The van der Waals surface area contributed by atoms with E-state index in [0.717, 1.165) is 25.2 Å². The second kappa shape index (κ2) is 6.80. The van der Waals surface area contributed by atoms with Crippen LogP contribution in [0.3, 0.4) is 0 Å². The Kier molecular flexibility index (Phi) is 5.70. The molecule has 1 rings (SSSR count). The van der Waals surface area contributed by atoms with Crippen LogP contribution >= 0.6 is 0 Å². The number of aliphatic hydroxyl groups excluding tert-OH is 1. The molecule has 1 atom stereocenters. The molecule has 0 radical (unpaired) electrons. The molecule has 96 valence electrons. The van der Waals surface area contributed by atoms with Crippen LogP contribution in [0, 0.1) is 19.8 Å². The van der Waals surface area contributed by atoms with E-state index >= 15 is 0 Å². The average molecular weight is 234 g/mol. The molecule has 0 aliphatic heterocycles. The zero-order valence-corrected chi connectivity index (χ0v) is 11.7. The molecule has 0 saturated heterocycles. The first-order valence-electron chi connectivity index (χ1n) is 6.73. The Bertz CT molecular complexity index is 341. The van der Waals surface area contributed by atoms with Gasteiger partial charge in [-0.05, 0) is 43.7 Å². The molecule has 0 aliphatic carbocycles. The molecule has 1 N–H and O–H groups in total. The first-order chi connectivity index (χ1) is 7.99. The maximum Gasteiger partial charge on any atom is 0.0580 e. The summed E-state index contributed by atoms with van der Waals surface area (Å²) in [4.78, 5) is 0. The van der Waals surface area contributed by atoms with E-state index in [9.17, 15) is 5.11 Å². The van der Waals surface area contributed by atoms with Gasteiger partial charge in [0.15, 0.2) is 0 Å². The second-order valence-corrected chi connectivity index (χ2v) is 5.61. The van der Waals surface area contributed by atoms with Gasteiger partial charge >= 0.3 is 0 Å². The summed E-state index contributed by atoms with van der Waals surface area (Å²) >= 11 is 0. The summed E-state index contributed by atoms with van der Waals surface area (Å²) in [6, 6.07) is 6.47. The van der Waals surface area contributed by atoms with Crippen LogP contribution in [0.1, 0.15) is 49.8 Å². The third-order valence-electron chi connectivity index (χ3n) is 3.28. The van der Waals surface area contributed by atoms with Crippen LogP contribution in [0.15, 0.2) is 18.2 Å². The van der Waals surface area contributed by atoms with Crippen molar-refractivity contribution in [2.75, 3.05) is 0 Å². The highest BCUT2D eigenvalue weighted by Crippen LogP contribution is 2.16. The molecular weight excluding hydrogens is 208 g/mol. The molecule has 1 aromatic rings. The molecule has 0 bridgehead atoms. The van der Waals surface area contributed by atoms with Crippen molar-refractivity contribution < 1.29 is 5.11 Å². The van der Waals surface area contributed by atoms with Crippen LogP contribution in [0.4, 0.5) is 0 Å². The van der Waals surface area contributed by atoms with Gasteiger partial charge in [-0.25, -0.2) is 0 Å². The molecule has 1 unspecified atom stereocenters. The summed E-state index contributed by atoms with van der Waals surface area (Å²) in [6.07, 6.45) is 3.87. The van der Waals surface area contributed by atoms with Gasteiger partial charge in [0.2, 0.25) is 0 Å². The molecule has 1 aromatic carbocycles. The Morgan fingerprint density at radius 1 is 1.12 bits per heavy atom. The maximum absolute atomic E-state index is 10.0.